The van der Waals surface area contributed by atoms with Gasteiger partial charge in [0.2, 0.25) is 0 Å². The van der Waals surface area contributed by atoms with E-state index in [9.17, 15) is 22.8 Å². The second-order valence-electron chi connectivity index (χ2n) is 4.16. The Kier molecular flexibility index (Phi) is 5.24. The van der Waals surface area contributed by atoms with Gasteiger partial charge in [0, 0.05) is 13.1 Å². The van der Waals surface area contributed by atoms with E-state index in [2.05, 4.69) is 5.32 Å². The number of urea groups is 1. The van der Waals surface area contributed by atoms with E-state index < -0.39 is 36.6 Å². The quantitative estimate of drug-likeness (QED) is 0.694. The fourth-order valence-electron chi connectivity index (χ4n) is 0.757. The molecule has 100 valence electrons. The van der Waals surface area contributed by atoms with Gasteiger partial charge in [-0.1, -0.05) is 0 Å². The van der Waals surface area contributed by atoms with Crippen molar-refractivity contribution in [3.8, 4) is 0 Å². The van der Waals surface area contributed by atoms with Crippen LogP contribution in [0.4, 0.5) is 18.0 Å². The number of aliphatic carboxylic acids is 1. The van der Waals surface area contributed by atoms with Crippen molar-refractivity contribution in [1.29, 1.82) is 0 Å². The van der Waals surface area contributed by atoms with Crippen molar-refractivity contribution in [1.82, 2.24) is 10.6 Å². The summed E-state index contributed by atoms with van der Waals surface area (Å²) < 4.78 is 35.2. The number of carboxylic acid groups (broad SMARTS) is 1. The Morgan fingerprint density at radius 3 is 2.12 bits per heavy atom. The summed E-state index contributed by atoms with van der Waals surface area (Å²) in [7, 11) is 0. The van der Waals surface area contributed by atoms with E-state index in [-0.39, 0.29) is 6.54 Å². The molecule has 0 aromatic carbocycles. The largest absolute Gasteiger partial charge is 0.481 e. The van der Waals surface area contributed by atoms with Gasteiger partial charge in [-0.15, -0.1) is 0 Å². The number of amides is 2. The number of hydrogen-bond donors (Lipinski definition) is 3. The van der Waals surface area contributed by atoms with E-state index >= 15 is 0 Å². The monoisotopic (exact) mass is 256 g/mol. The van der Waals surface area contributed by atoms with E-state index in [1.165, 1.54) is 13.8 Å². The average molecular weight is 256 g/mol. The van der Waals surface area contributed by atoms with Crippen molar-refractivity contribution in [2.24, 2.45) is 5.41 Å². The molecule has 0 bridgehead atoms. The minimum absolute atomic E-state index is 0.166. The minimum atomic E-state index is -4.33. The summed E-state index contributed by atoms with van der Waals surface area (Å²) in [6.45, 7) is 2.08. The molecule has 0 saturated carbocycles. The second kappa shape index (κ2) is 5.74. The van der Waals surface area contributed by atoms with E-state index in [0.29, 0.717) is 0 Å². The predicted octanol–water partition coefficient (Wildman–Crippen LogP) is 1.35. The maximum atomic E-state index is 11.7. The molecule has 0 aliphatic rings. The molecule has 5 nitrogen and oxygen atoms in total. The van der Waals surface area contributed by atoms with Crippen LogP contribution in [0.25, 0.3) is 0 Å². The third-order valence-electron chi connectivity index (χ3n) is 1.96. The second-order valence-corrected chi connectivity index (χ2v) is 4.16. The Morgan fingerprint density at radius 2 is 1.71 bits per heavy atom. The van der Waals surface area contributed by atoms with Crippen molar-refractivity contribution in [3.63, 3.8) is 0 Å². The first kappa shape index (κ1) is 15.5. The molecule has 0 unspecified atom stereocenters. The molecule has 0 aromatic heterocycles. The molecule has 0 rings (SSSR count). The van der Waals surface area contributed by atoms with Crippen LogP contribution in [-0.2, 0) is 4.79 Å². The number of halogens is 3. The Morgan fingerprint density at radius 1 is 1.18 bits per heavy atom. The highest BCUT2D eigenvalue weighted by molar-refractivity contribution is 5.77. The molecule has 2 amide bonds. The van der Waals surface area contributed by atoms with Gasteiger partial charge in [0.05, 0.1) is 11.8 Å². The van der Waals surface area contributed by atoms with Crippen LogP contribution in [-0.4, -0.2) is 36.4 Å². The zero-order chi connectivity index (χ0) is 13.7. The molecule has 0 heterocycles. The molecule has 0 aliphatic heterocycles. The summed E-state index contributed by atoms with van der Waals surface area (Å²) in [5, 5.41) is 12.9. The van der Waals surface area contributed by atoms with Gasteiger partial charge < -0.3 is 15.7 Å². The topological polar surface area (TPSA) is 78.4 Å². The molecule has 0 fully saturated rings. The summed E-state index contributed by atoms with van der Waals surface area (Å²) in [5.41, 5.74) is -1.17. The van der Waals surface area contributed by atoms with Gasteiger partial charge in [-0.25, -0.2) is 4.79 Å². The molecule has 17 heavy (non-hydrogen) atoms. The number of rotatable bonds is 5. The van der Waals surface area contributed by atoms with Crippen molar-refractivity contribution in [2.45, 2.75) is 26.4 Å². The SMILES string of the molecule is CC(C)(CNC(=O)NCCC(F)(F)F)C(=O)O. The van der Waals surface area contributed by atoms with Gasteiger partial charge >= 0.3 is 18.2 Å². The zero-order valence-corrected chi connectivity index (χ0v) is 9.52. The van der Waals surface area contributed by atoms with Gasteiger partial charge in [-0.05, 0) is 13.8 Å². The molecular weight excluding hydrogens is 241 g/mol. The summed E-state index contributed by atoms with van der Waals surface area (Å²) >= 11 is 0. The van der Waals surface area contributed by atoms with Crippen LogP contribution in [0.5, 0.6) is 0 Å². The van der Waals surface area contributed by atoms with Crippen molar-refractivity contribution < 1.29 is 27.9 Å². The maximum Gasteiger partial charge on any atom is 0.390 e. The van der Waals surface area contributed by atoms with E-state index in [0.717, 1.165) is 0 Å². The predicted molar refractivity (Wildman–Crippen MR) is 53.5 cm³/mol. The van der Waals surface area contributed by atoms with Gasteiger partial charge in [0.25, 0.3) is 0 Å². The molecule has 0 spiro atoms. The van der Waals surface area contributed by atoms with Crippen LogP contribution in [0.1, 0.15) is 20.3 Å². The van der Waals surface area contributed by atoms with E-state index in [1.807, 2.05) is 5.32 Å². The number of hydrogen-bond acceptors (Lipinski definition) is 2. The standard InChI is InChI=1S/C9H15F3N2O3/c1-8(2,6(15)16)5-14-7(17)13-4-3-9(10,11)12/h3-5H2,1-2H3,(H,15,16)(H2,13,14,17). The lowest BCUT2D eigenvalue weighted by Gasteiger charge is -2.19. The molecule has 0 saturated heterocycles. The number of nitrogens with one attached hydrogen (secondary N) is 2. The fraction of sp³-hybridized carbons (Fsp3) is 0.778. The Labute approximate surface area is 96.4 Å². The van der Waals surface area contributed by atoms with Gasteiger partial charge in [-0.2, -0.15) is 13.2 Å². The normalized spacial score (nSPS) is 12.1. The lowest BCUT2D eigenvalue weighted by molar-refractivity contribution is -0.146. The fourth-order valence-corrected chi connectivity index (χ4v) is 0.757. The first-order valence-corrected chi connectivity index (χ1v) is 4.86. The Hall–Kier alpha value is -1.47. The van der Waals surface area contributed by atoms with E-state index in [4.69, 9.17) is 5.11 Å². The summed E-state index contributed by atoms with van der Waals surface area (Å²) in [4.78, 5) is 21.7. The highest BCUT2D eigenvalue weighted by atomic mass is 19.4. The summed E-state index contributed by atoms with van der Waals surface area (Å²) in [5.74, 6) is -1.10. The molecule has 3 N–H and O–H groups in total. The molecule has 0 aromatic rings. The number of carbonyl (C=O) groups is 2. The van der Waals surface area contributed by atoms with Crippen molar-refractivity contribution in [2.75, 3.05) is 13.1 Å². The number of carbonyl (C=O) groups excluding carboxylic acids is 1. The first-order chi connectivity index (χ1) is 7.54. The minimum Gasteiger partial charge on any atom is -0.481 e. The molecule has 8 heteroatoms. The average Bonchev–Trinajstić information content (AvgIpc) is 2.12. The number of carboxylic acids is 1. The zero-order valence-electron chi connectivity index (χ0n) is 9.52. The molecule has 0 aliphatic carbocycles. The summed E-state index contributed by atoms with van der Waals surface area (Å²) in [6, 6.07) is -0.816. The molecule has 0 radical (unpaired) electrons. The van der Waals surface area contributed by atoms with E-state index in [1.54, 1.807) is 0 Å². The maximum absolute atomic E-state index is 11.7. The Balaban J connectivity index is 3.86. The van der Waals surface area contributed by atoms with Crippen molar-refractivity contribution >= 4 is 12.0 Å². The number of alkyl halides is 3. The highest BCUT2D eigenvalue weighted by Crippen LogP contribution is 2.18. The van der Waals surface area contributed by atoms with Crippen LogP contribution in [0.3, 0.4) is 0 Å². The molecular formula is C9H15F3N2O3. The lowest BCUT2D eigenvalue weighted by Crippen LogP contribution is -2.44. The van der Waals surface area contributed by atoms with Crippen LogP contribution < -0.4 is 10.6 Å². The van der Waals surface area contributed by atoms with Crippen LogP contribution in [0.2, 0.25) is 0 Å². The van der Waals surface area contributed by atoms with Crippen molar-refractivity contribution in [3.05, 3.63) is 0 Å². The highest BCUT2D eigenvalue weighted by Gasteiger charge is 2.28. The smallest absolute Gasteiger partial charge is 0.390 e. The van der Waals surface area contributed by atoms with Gasteiger partial charge in [-0.3, -0.25) is 4.79 Å². The van der Waals surface area contributed by atoms with Gasteiger partial charge in [0.15, 0.2) is 0 Å². The first-order valence-electron chi connectivity index (χ1n) is 4.86. The van der Waals surface area contributed by atoms with Crippen LogP contribution >= 0.6 is 0 Å². The summed E-state index contributed by atoms with van der Waals surface area (Å²) in [6.07, 6.45) is -5.45. The molecule has 0 atom stereocenters. The lowest BCUT2D eigenvalue weighted by atomic mass is 9.94. The third kappa shape index (κ3) is 7.42. The Bertz CT molecular complexity index is 290. The van der Waals surface area contributed by atoms with Crippen LogP contribution in [0, 0.1) is 5.41 Å². The van der Waals surface area contributed by atoms with Crippen LogP contribution in [0.15, 0.2) is 0 Å². The third-order valence-corrected chi connectivity index (χ3v) is 1.96. The van der Waals surface area contributed by atoms with Gasteiger partial charge in [0.1, 0.15) is 0 Å².